The number of rotatable bonds is 5. The minimum atomic E-state index is -0.337. The van der Waals surface area contributed by atoms with Gasteiger partial charge >= 0.3 is 6.03 Å². The van der Waals surface area contributed by atoms with Crippen molar-refractivity contribution >= 4 is 11.7 Å². The van der Waals surface area contributed by atoms with Gasteiger partial charge in [0.25, 0.3) is 0 Å². The fraction of sp³-hybridized carbons (Fsp3) is 0.300. The topological polar surface area (TPSA) is 77.4 Å². The van der Waals surface area contributed by atoms with Crippen LogP contribution in [-0.4, -0.2) is 43.3 Å². The van der Waals surface area contributed by atoms with E-state index in [1.807, 2.05) is 18.2 Å². The first kappa shape index (κ1) is 17.9. The minimum Gasteiger partial charge on any atom is -0.374 e. The number of anilines is 1. The molecule has 1 atom stereocenters. The van der Waals surface area contributed by atoms with Gasteiger partial charge in [0.15, 0.2) is 0 Å². The highest BCUT2D eigenvalue weighted by molar-refractivity contribution is 5.90. The maximum absolute atomic E-state index is 12.1. The first-order chi connectivity index (χ1) is 12.7. The highest BCUT2D eigenvalue weighted by atomic mass is 16.5. The van der Waals surface area contributed by atoms with E-state index in [4.69, 9.17) is 10.00 Å². The van der Waals surface area contributed by atoms with E-state index in [0.29, 0.717) is 24.4 Å². The third-order valence-electron chi connectivity index (χ3n) is 4.26. The van der Waals surface area contributed by atoms with Crippen molar-refractivity contribution < 1.29 is 9.53 Å². The Hall–Kier alpha value is -2.88. The van der Waals surface area contributed by atoms with E-state index in [0.717, 1.165) is 19.6 Å². The lowest BCUT2D eigenvalue weighted by molar-refractivity contribution is -0.0285. The van der Waals surface area contributed by atoms with Gasteiger partial charge in [0, 0.05) is 26.2 Å². The lowest BCUT2D eigenvalue weighted by atomic mass is 10.2. The maximum atomic E-state index is 12.1. The molecule has 1 aliphatic heterocycles. The molecule has 6 heteroatoms. The first-order valence-electron chi connectivity index (χ1n) is 8.66. The van der Waals surface area contributed by atoms with Crippen LogP contribution in [0.15, 0.2) is 54.6 Å². The summed E-state index contributed by atoms with van der Waals surface area (Å²) in [6.07, 6.45) is -0.0515. The summed E-state index contributed by atoms with van der Waals surface area (Å²) in [6, 6.07) is 19.0. The van der Waals surface area contributed by atoms with E-state index in [-0.39, 0.29) is 12.1 Å². The number of benzene rings is 2. The fourth-order valence-electron chi connectivity index (χ4n) is 2.95. The number of hydrogen-bond acceptors (Lipinski definition) is 4. The van der Waals surface area contributed by atoms with Crippen molar-refractivity contribution in [1.82, 2.24) is 10.2 Å². The zero-order chi connectivity index (χ0) is 18.2. The molecule has 0 bridgehead atoms. The van der Waals surface area contributed by atoms with Crippen LogP contribution >= 0.6 is 0 Å². The number of nitriles is 1. The van der Waals surface area contributed by atoms with Gasteiger partial charge in [-0.05, 0) is 17.7 Å². The molecule has 2 N–H and O–H groups in total. The number of hydrogen-bond donors (Lipinski definition) is 2. The second-order valence-electron chi connectivity index (χ2n) is 6.21. The number of amides is 2. The number of urea groups is 1. The van der Waals surface area contributed by atoms with Gasteiger partial charge in [-0.2, -0.15) is 5.26 Å². The zero-order valence-corrected chi connectivity index (χ0v) is 14.5. The van der Waals surface area contributed by atoms with Crippen LogP contribution in [0.2, 0.25) is 0 Å². The molecule has 0 aliphatic carbocycles. The Morgan fingerprint density at radius 2 is 1.96 bits per heavy atom. The van der Waals surface area contributed by atoms with Crippen LogP contribution in [0.5, 0.6) is 0 Å². The van der Waals surface area contributed by atoms with Gasteiger partial charge < -0.3 is 15.4 Å². The number of nitrogens with zero attached hydrogens (tertiary/aromatic N) is 2. The molecule has 1 unspecified atom stereocenters. The Balaban J connectivity index is 1.46. The maximum Gasteiger partial charge on any atom is 0.319 e. The van der Waals surface area contributed by atoms with Crippen molar-refractivity contribution in [3.05, 3.63) is 65.7 Å². The van der Waals surface area contributed by atoms with Crippen LogP contribution in [-0.2, 0) is 11.3 Å². The number of nitrogens with one attached hydrogen (secondary N) is 2. The zero-order valence-electron chi connectivity index (χ0n) is 14.5. The van der Waals surface area contributed by atoms with Gasteiger partial charge in [-0.1, -0.05) is 42.5 Å². The molecule has 1 aliphatic rings. The highest BCUT2D eigenvalue weighted by Crippen LogP contribution is 2.13. The summed E-state index contributed by atoms with van der Waals surface area (Å²) in [4.78, 5) is 14.4. The van der Waals surface area contributed by atoms with E-state index >= 15 is 0 Å². The Labute approximate surface area is 153 Å². The number of morpholine rings is 1. The third kappa shape index (κ3) is 5.06. The van der Waals surface area contributed by atoms with Crippen LogP contribution in [0.4, 0.5) is 10.5 Å². The van der Waals surface area contributed by atoms with Crippen LogP contribution in [0.3, 0.4) is 0 Å². The molecule has 2 aromatic carbocycles. The molecule has 3 rings (SSSR count). The Morgan fingerprint density at radius 1 is 1.19 bits per heavy atom. The normalized spacial score (nSPS) is 17.3. The second kappa shape index (κ2) is 8.99. The molecule has 0 aromatic heterocycles. The minimum absolute atomic E-state index is 0.0515. The lowest BCUT2D eigenvalue weighted by Gasteiger charge is -2.33. The van der Waals surface area contributed by atoms with Crippen LogP contribution in [0.1, 0.15) is 11.1 Å². The van der Waals surface area contributed by atoms with Gasteiger partial charge in [0.1, 0.15) is 6.07 Å². The number of para-hydroxylation sites is 1. The predicted octanol–water partition coefficient (Wildman–Crippen LogP) is 2.58. The molecule has 6 nitrogen and oxygen atoms in total. The molecule has 0 spiro atoms. The molecule has 1 saturated heterocycles. The Morgan fingerprint density at radius 3 is 2.77 bits per heavy atom. The SMILES string of the molecule is N#Cc1ccccc1NC(=O)NCC1CN(Cc2ccccc2)CCO1. The number of carbonyl (C=O) groups excluding carboxylic acids is 1. The monoisotopic (exact) mass is 350 g/mol. The summed E-state index contributed by atoms with van der Waals surface area (Å²) in [5.74, 6) is 0. The molecular weight excluding hydrogens is 328 g/mol. The first-order valence-corrected chi connectivity index (χ1v) is 8.66. The van der Waals surface area contributed by atoms with E-state index in [1.54, 1.807) is 24.3 Å². The summed E-state index contributed by atoms with van der Waals surface area (Å²) in [5, 5.41) is 14.6. The van der Waals surface area contributed by atoms with Crippen molar-refractivity contribution in [1.29, 1.82) is 5.26 Å². The molecule has 26 heavy (non-hydrogen) atoms. The summed E-state index contributed by atoms with van der Waals surface area (Å²) in [5.41, 5.74) is 2.21. The van der Waals surface area contributed by atoms with Gasteiger partial charge in [0.05, 0.1) is 24.0 Å². The van der Waals surface area contributed by atoms with Crippen molar-refractivity contribution in [2.75, 3.05) is 31.6 Å². The highest BCUT2D eigenvalue weighted by Gasteiger charge is 2.21. The van der Waals surface area contributed by atoms with Crippen LogP contribution in [0, 0.1) is 11.3 Å². The van der Waals surface area contributed by atoms with Gasteiger partial charge in [0.2, 0.25) is 0 Å². The summed E-state index contributed by atoms with van der Waals surface area (Å²) < 4.78 is 5.75. The third-order valence-corrected chi connectivity index (χ3v) is 4.26. The fourth-order valence-corrected chi connectivity index (χ4v) is 2.95. The van der Waals surface area contributed by atoms with Crippen molar-refractivity contribution in [2.45, 2.75) is 12.6 Å². The Kier molecular flexibility index (Phi) is 6.20. The number of carbonyl (C=O) groups is 1. The van der Waals surface area contributed by atoms with E-state index in [1.165, 1.54) is 5.56 Å². The van der Waals surface area contributed by atoms with Crippen LogP contribution in [0.25, 0.3) is 0 Å². The largest absolute Gasteiger partial charge is 0.374 e. The number of ether oxygens (including phenoxy) is 1. The average Bonchev–Trinajstić information content (AvgIpc) is 2.68. The molecule has 0 saturated carbocycles. The van der Waals surface area contributed by atoms with Gasteiger partial charge in [-0.25, -0.2) is 4.79 Å². The summed E-state index contributed by atoms with van der Waals surface area (Å²) in [6.45, 7) is 3.60. The summed E-state index contributed by atoms with van der Waals surface area (Å²) >= 11 is 0. The average molecular weight is 350 g/mol. The van der Waals surface area contributed by atoms with Crippen molar-refractivity contribution in [3.63, 3.8) is 0 Å². The quantitative estimate of drug-likeness (QED) is 0.869. The van der Waals surface area contributed by atoms with Crippen LogP contribution < -0.4 is 10.6 Å². The molecule has 0 radical (unpaired) electrons. The lowest BCUT2D eigenvalue weighted by Crippen LogP contribution is -2.47. The summed E-state index contributed by atoms with van der Waals surface area (Å²) in [7, 11) is 0. The van der Waals surface area contributed by atoms with Gasteiger partial charge in [-0.3, -0.25) is 4.90 Å². The van der Waals surface area contributed by atoms with E-state index in [2.05, 4.69) is 33.7 Å². The molecule has 2 aromatic rings. The van der Waals surface area contributed by atoms with Crippen molar-refractivity contribution in [2.24, 2.45) is 0 Å². The predicted molar refractivity (Wildman–Crippen MR) is 99.6 cm³/mol. The molecule has 134 valence electrons. The van der Waals surface area contributed by atoms with E-state index in [9.17, 15) is 4.79 Å². The molecule has 2 amide bonds. The molecule has 1 heterocycles. The van der Waals surface area contributed by atoms with Crippen molar-refractivity contribution in [3.8, 4) is 6.07 Å². The smallest absolute Gasteiger partial charge is 0.319 e. The second-order valence-corrected chi connectivity index (χ2v) is 6.21. The molecular formula is C20H22N4O2. The van der Waals surface area contributed by atoms with Gasteiger partial charge in [-0.15, -0.1) is 0 Å². The standard InChI is InChI=1S/C20H22N4O2/c21-12-17-8-4-5-9-19(17)23-20(25)22-13-18-15-24(10-11-26-18)14-16-6-2-1-3-7-16/h1-9,18H,10-11,13-15H2,(H2,22,23,25). The molecule has 1 fully saturated rings. The Bertz CT molecular complexity index is 773. The van der Waals surface area contributed by atoms with E-state index < -0.39 is 0 Å².